The number of carboxylic acids is 1. The maximum atomic E-state index is 11.5. The molecule has 1 aromatic carbocycles. The van der Waals surface area contributed by atoms with Crippen LogP contribution in [0.2, 0.25) is 0 Å². The minimum Gasteiger partial charge on any atom is -0.550 e. The second-order valence-corrected chi connectivity index (χ2v) is 3.79. The molecule has 0 radical (unpaired) electrons. The van der Waals surface area contributed by atoms with Gasteiger partial charge in [-0.15, -0.1) is 0 Å². The molecule has 0 amide bonds. The summed E-state index contributed by atoms with van der Waals surface area (Å²) in [4.78, 5) is 25.9. The lowest BCUT2D eigenvalue weighted by molar-refractivity contribution is -0.305. The number of carbonyl (C=O) groups is 1. The van der Waals surface area contributed by atoms with E-state index in [9.17, 15) is 14.7 Å². The fourth-order valence-electron chi connectivity index (χ4n) is 1.53. The number of fused-ring (bicyclic) bond motifs is 1. The van der Waals surface area contributed by atoms with Crippen molar-refractivity contribution in [2.24, 2.45) is 0 Å². The van der Waals surface area contributed by atoms with Gasteiger partial charge in [0.25, 0.3) is 0 Å². The van der Waals surface area contributed by atoms with Gasteiger partial charge in [-0.2, -0.15) is 0 Å². The number of hydrogen-bond donors (Lipinski definition) is 0. The Hall–Kier alpha value is -2.17. The standard InChI is InChI=1S/C12H11NO4/c1-7-2-4-10-9(6-7)13-8(12(16)17-10)3-5-11(14)15/h2,4,6H,3,5H2,1H3,(H,14,15)/p-1. The molecule has 0 spiro atoms. The lowest BCUT2D eigenvalue weighted by Gasteiger charge is -2.02. The summed E-state index contributed by atoms with van der Waals surface area (Å²) in [5.41, 5.74) is 1.47. The van der Waals surface area contributed by atoms with Gasteiger partial charge in [0.15, 0.2) is 5.58 Å². The molecule has 5 nitrogen and oxygen atoms in total. The van der Waals surface area contributed by atoms with Crippen molar-refractivity contribution in [3.63, 3.8) is 0 Å². The van der Waals surface area contributed by atoms with Gasteiger partial charge in [-0.3, -0.25) is 0 Å². The summed E-state index contributed by atoms with van der Waals surface area (Å²) in [7, 11) is 0. The summed E-state index contributed by atoms with van der Waals surface area (Å²) in [6.07, 6.45) is -0.219. The monoisotopic (exact) mass is 232 g/mol. The molecule has 2 aromatic rings. The summed E-state index contributed by atoms with van der Waals surface area (Å²) in [6.45, 7) is 1.90. The van der Waals surface area contributed by atoms with Crippen molar-refractivity contribution in [1.82, 2.24) is 4.98 Å². The Balaban J connectivity index is 2.46. The van der Waals surface area contributed by atoms with Crippen LogP contribution in [0.3, 0.4) is 0 Å². The highest BCUT2D eigenvalue weighted by atomic mass is 16.4. The van der Waals surface area contributed by atoms with Crippen LogP contribution in [-0.4, -0.2) is 11.0 Å². The third-order valence-corrected chi connectivity index (χ3v) is 2.37. The quantitative estimate of drug-likeness (QED) is 0.753. The van der Waals surface area contributed by atoms with Gasteiger partial charge in [-0.05, 0) is 31.0 Å². The van der Waals surface area contributed by atoms with Crippen LogP contribution >= 0.6 is 0 Å². The molecule has 0 aliphatic heterocycles. The Morgan fingerprint density at radius 1 is 1.47 bits per heavy atom. The van der Waals surface area contributed by atoms with Gasteiger partial charge in [-0.25, -0.2) is 9.78 Å². The maximum Gasteiger partial charge on any atom is 0.358 e. The predicted molar refractivity (Wildman–Crippen MR) is 58.3 cm³/mol. The molecule has 0 fully saturated rings. The van der Waals surface area contributed by atoms with Crippen molar-refractivity contribution < 1.29 is 14.3 Å². The van der Waals surface area contributed by atoms with Gasteiger partial charge in [0.2, 0.25) is 0 Å². The Morgan fingerprint density at radius 3 is 2.94 bits per heavy atom. The van der Waals surface area contributed by atoms with Crippen LogP contribution in [-0.2, 0) is 11.2 Å². The molecule has 0 saturated carbocycles. The maximum absolute atomic E-state index is 11.5. The number of rotatable bonds is 3. The number of aliphatic carboxylic acids is 1. The Bertz CT molecular complexity index is 630. The van der Waals surface area contributed by atoms with E-state index in [-0.39, 0.29) is 18.5 Å². The first-order chi connectivity index (χ1) is 8.06. The fraction of sp³-hybridized carbons (Fsp3) is 0.250. The molecule has 0 aliphatic carbocycles. The minimum atomic E-state index is -1.21. The summed E-state index contributed by atoms with van der Waals surface area (Å²) >= 11 is 0. The van der Waals surface area contributed by atoms with Crippen molar-refractivity contribution in [2.45, 2.75) is 19.8 Å². The Kier molecular flexibility index (Phi) is 2.91. The summed E-state index contributed by atoms with van der Waals surface area (Å²) in [6, 6.07) is 5.26. The molecule has 0 aliphatic rings. The zero-order chi connectivity index (χ0) is 12.4. The van der Waals surface area contributed by atoms with E-state index in [1.165, 1.54) is 0 Å². The molecule has 5 heteroatoms. The van der Waals surface area contributed by atoms with Crippen LogP contribution in [0.4, 0.5) is 0 Å². The molecular weight excluding hydrogens is 222 g/mol. The molecule has 2 rings (SSSR count). The van der Waals surface area contributed by atoms with Crippen molar-refractivity contribution in [1.29, 1.82) is 0 Å². The van der Waals surface area contributed by atoms with E-state index in [0.717, 1.165) is 5.56 Å². The van der Waals surface area contributed by atoms with Crippen molar-refractivity contribution in [3.8, 4) is 0 Å². The zero-order valence-electron chi connectivity index (χ0n) is 9.23. The van der Waals surface area contributed by atoms with Crippen LogP contribution < -0.4 is 10.7 Å². The highest BCUT2D eigenvalue weighted by Gasteiger charge is 2.07. The number of nitrogens with zero attached hydrogens (tertiary/aromatic N) is 1. The molecule has 0 unspecified atom stereocenters. The highest BCUT2D eigenvalue weighted by molar-refractivity contribution is 5.72. The van der Waals surface area contributed by atoms with E-state index >= 15 is 0 Å². The fourth-order valence-corrected chi connectivity index (χ4v) is 1.53. The zero-order valence-corrected chi connectivity index (χ0v) is 9.23. The number of carbonyl (C=O) groups excluding carboxylic acids is 1. The van der Waals surface area contributed by atoms with Crippen molar-refractivity contribution in [3.05, 3.63) is 39.9 Å². The normalized spacial score (nSPS) is 10.6. The molecular formula is C12H10NO4-. The predicted octanol–water partition coefficient (Wildman–Crippen LogP) is 0.179. The Morgan fingerprint density at radius 2 is 2.24 bits per heavy atom. The molecule has 0 bridgehead atoms. The molecule has 17 heavy (non-hydrogen) atoms. The minimum absolute atomic E-state index is 0.0224. The number of carboxylic acid groups (broad SMARTS) is 1. The molecule has 0 saturated heterocycles. The SMILES string of the molecule is Cc1ccc2oc(=O)c(CCC(=O)[O-])nc2c1. The first-order valence-corrected chi connectivity index (χ1v) is 5.16. The summed E-state index contributed by atoms with van der Waals surface area (Å²) in [5.74, 6) is -1.21. The Labute approximate surface area is 96.7 Å². The highest BCUT2D eigenvalue weighted by Crippen LogP contribution is 2.12. The largest absolute Gasteiger partial charge is 0.550 e. The van der Waals surface area contributed by atoms with E-state index in [2.05, 4.69) is 4.98 Å². The number of hydrogen-bond acceptors (Lipinski definition) is 5. The van der Waals surface area contributed by atoms with E-state index < -0.39 is 11.6 Å². The van der Waals surface area contributed by atoms with E-state index in [4.69, 9.17) is 4.42 Å². The lowest BCUT2D eigenvalue weighted by atomic mass is 10.2. The first-order valence-electron chi connectivity index (χ1n) is 5.16. The first kappa shape index (κ1) is 11.3. The second kappa shape index (κ2) is 4.37. The number of aryl methyl sites for hydroxylation is 2. The van der Waals surface area contributed by atoms with Crippen LogP contribution in [0.25, 0.3) is 11.1 Å². The lowest BCUT2D eigenvalue weighted by Crippen LogP contribution is -2.24. The third-order valence-electron chi connectivity index (χ3n) is 2.37. The summed E-state index contributed by atoms with van der Waals surface area (Å²) in [5, 5.41) is 10.3. The molecule has 1 aromatic heterocycles. The van der Waals surface area contributed by atoms with Gasteiger partial charge < -0.3 is 14.3 Å². The summed E-state index contributed by atoms with van der Waals surface area (Å²) < 4.78 is 5.05. The molecule has 0 atom stereocenters. The van der Waals surface area contributed by atoms with Crippen LogP contribution in [0.15, 0.2) is 27.4 Å². The van der Waals surface area contributed by atoms with E-state index in [0.29, 0.717) is 11.1 Å². The number of benzene rings is 1. The second-order valence-electron chi connectivity index (χ2n) is 3.79. The topological polar surface area (TPSA) is 83.2 Å². The van der Waals surface area contributed by atoms with Gasteiger partial charge in [0, 0.05) is 12.4 Å². The van der Waals surface area contributed by atoms with Crippen molar-refractivity contribution in [2.75, 3.05) is 0 Å². The van der Waals surface area contributed by atoms with Gasteiger partial charge in [0.1, 0.15) is 11.2 Å². The number of aromatic nitrogens is 1. The van der Waals surface area contributed by atoms with Gasteiger partial charge in [0.05, 0.1) is 0 Å². The van der Waals surface area contributed by atoms with Crippen LogP contribution in [0, 0.1) is 6.92 Å². The third kappa shape index (κ3) is 2.50. The molecule has 88 valence electrons. The van der Waals surface area contributed by atoms with Gasteiger partial charge >= 0.3 is 5.63 Å². The van der Waals surface area contributed by atoms with E-state index in [1.54, 1.807) is 12.1 Å². The average Bonchev–Trinajstić information content (AvgIpc) is 2.26. The smallest absolute Gasteiger partial charge is 0.358 e. The van der Waals surface area contributed by atoms with Crippen molar-refractivity contribution >= 4 is 17.1 Å². The van der Waals surface area contributed by atoms with E-state index in [1.807, 2.05) is 13.0 Å². The molecule has 1 heterocycles. The van der Waals surface area contributed by atoms with Crippen LogP contribution in [0.5, 0.6) is 0 Å². The average molecular weight is 232 g/mol. The van der Waals surface area contributed by atoms with Gasteiger partial charge in [-0.1, -0.05) is 6.07 Å². The van der Waals surface area contributed by atoms with Crippen LogP contribution in [0.1, 0.15) is 17.7 Å². The molecule has 0 N–H and O–H groups in total.